The summed E-state index contributed by atoms with van der Waals surface area (Å²) < 4.78 is 29.9. The molecule has 59 heavy (non-hydrogen) atoms. The Morgan fingerprint density at radius 1 is 0.898 bits per heavy atom. The number of nitrogens with zero attached hydrogens (tertiary/aromatic N) is 1. The van der Waals surface area contributed by atoms with Crippen molar-refractivity contribution in [3.8, 4) is 0 Å². The quantitative estimate of drug-likeness (QED) is 0.126. The first-order valence-electron chi connectivity index (χ1n) is 19.8. The lowest BCUT2D eigenvalue weighted by molar-refractivity contribution is -0.144. The zero-order valence-corrected chi connectivity index (χ0v) is 35.5. The Bertz CT molecular complexity index is 1970. The number of anilines is 1. The third-order valence-corrected chi connectivity index (χ3v) is 15.4. The second kappa shape index (κ2) is 20.7. The molecule has 5 amide bonds. The minimum Gasteiger partial charge on any atom is -0.479 e. The lowest BCUT2D eigenvalue weighted by Gasteiger charge is -2.35. The summed E-state index contributed by atoms with van der Waals surface area (Å²) in [6, 6.07) is 8.61. The maximum atomic E-state index is 14.8. The summed E-state index contributed by atoms with van der Waals surface area (Å²) in [5, 5.41) is 19.5. The van der Waals surface area contributed by atoms with Crippen molar-refractivity contribution in [3.05, 3.63) is 60.2 Å². The molecule has 2 aromatic carbocycles. The third kappa shape index (κ3) is 12.1. The van der Waals surface area contributed by atoms with Crippen LogP contribution in [0.5, 0.6) is 0 Å². The molecule has 2 aliphatic heterocycles. The van der Waals surface area contributed by atoms with Gasteiger partial charge in [-0.25, -0.2) is 13.2 Å². The van der Waals surface area contributed by atoms with Gasteiger partial charge < -0.3 is 31.3 Å². The number of amides is 5. The molecule has 0 radical (unpaired) electrons. The third-order valence-electron chi connectivity index (χ3n) is 10.6. The van der Waals surface area contributed by atoms with Crippen LogP contribution >= 0.6 is 23.5 Å². The minimum absolute atomic E-state index is 0.0693. The first kappa shape index (κ1) is 45.6. The number of carboxylic acid groups (broad SMARTS) is 1. The summed E-state index contributed by atoms with van der Waals surface area (Å²) in [6.45, 7) is 2.56. The number of hydrogen-bond acceptors (Lipinski definition) is 11. The molecule has 2 aromatic rings. The van der Waals surface area contributed by atoms with Gasteiger partial charge in [0.1, 0.15) is 12.1 Å². The number of rotatable bonds is 17. The molecule has 1 saturated carbocycles. The molecule has 5 rings (SSSR count). The molecule has 3 fully saturated rings. The van der Waals surface area contributed by atoms with E-state index in [1.165, 1.54) is 48.2 Å². The van der Waals surface area contributed by atoms with Crippen LogP contribution in [0.3, 0.4) is 0 Å². The smallest absolute Gasteiger partial charge is 0.330 e. The van der Waals surface area contributed by atoms with E-state index in [1.54, 1.807) is 48.6 Å². The van der Waals surface area contributed by atoms with E-state index in [0.29, 0.717) is 30.5 Å². The van der Waals surface area contributed by atoms with Crippen LogP contribution in [0.4, 0.5) is 5.69 Å². The fourth-order valence-corrected chi connectivity index (χ4v) is 12.3. The van der Waals surface area contributed by atoms with Gasteiger partial charge in [-0.05, 0) is 72.9 Å². The number of Topliss-reactive ketones (excluding diaryl/α,β-unsaturated/α-hetero) is 1. The Kier molecular flexibility index (Phi) is 16.0. The maximum Gasteiger partial charge on any atom is 0.330 e. The summed E-state index contributed by atoms with van der Waals surface area (Å²) in [5.41, 5.74) is 0.718. The van der Waals surface area contributed by atoms with Gasteiger partial charge >= 0.3 is 5.97 Å². The molecular formula is C40H52N6O10S3. The van der Waals surface area contributed by atoms with Crippen molar-refractivity contribution in [2.75, 3.05) is 29.9 Å². The predicted octanol–water partition coefficient (Wildman–Crippen LogP) is 2.95. The molecule has 6 N–H and O–H groups in total. The highest BCUT2D eigenvalue weighted by Crippen LogP contribution is 2.50. The number of carboxylic acids is 1. The number of nitrogens with one attached hydrogen (secondary N) is 5. The number of carbonyl (C=O) groups is 7. The zero-order valence-electron chi connectivity index (χ0n) is 33.1. The Labute approximate surface area is 352 Å². The Morgan fingerprint density at radius 2 is 1.56 bits per heavy atom. The monoisotopic (exact) mass is 872 g/mol. The number of sulfonamides is 1. The fourth-order valence-electron chi connectivity index (χ4n) is 7.66. The van der Waals surface area contributed by atoms with Crippen molar-refractivity contribution in [1.82, 2.24) is 25.6 Å². The van der Waals surface area contributed by atoms with E-state index in [2.05, 4.69) is 26.0 Å². The van der Waals surface area contributed by atoms with E-state index in [4.69, 9.17) is 0 Å². The molecular weight excluding hydrogens is 821 g/mol. The van der Waals surface area contributed by atoms with Gasteiger partial charge in [0.2, 0.25) is 39.4 Å². The summed E-state index contributed by atoms with van der Waals surface area (Å²) >= 11 is 3.29. The molecule has 0 aromatic heterocycles. The van der Waals surface area contributed by atoms with Gasteiger partial charge in [0.05, 0.1) is 21.6 Å². The van der Waals surface area contributed by atoms with Crippen LogP contribution in [-0.4, -0.2) is 107 Å². The van der Waals surface area contributed by atoms with Crippen LogP contribution in [0.1, 0.15) is 83.2 Å². The minimum atomic E-state index is -4.25. The molecule has 3 aliphatic rings. The van der Waals surface area contributed by atoms with Crippen LogP contribution in [0.2, 0.25) is 0 Å². The molecule has 1 aliphatic carbocycles. The van der Waals surface area contributed by atoms with Crippen molar-refractivity contribution in [1.29, 1.82) is 0 Å². The van der Waals surface area contributed by atoms with Crippen LogP contribution in [0, 0.1) is 5.92 Å². The topological polar surface area (TPSA) is 237 Å². The van der Waals surface area contributed by atoms with Crippen LogP contribution in [0.15, 0.2) is 59.5 Å². The molecule has 4 unspecified atom stereocenters. The van der Waals surface area contributed by atoms with E-state index >= 15 is 0 Å². The summed E-state index contributed by atoms with van der Waals surface area (Å²) in [5.74, 6) is -4.60. The van der Waals surface area contributed by atoms with Crippen molar-refractivity contribution < 1.29 is 47.1 Å². The van der Waals surface area contributed by atoms with E-state index in [0.717, 1.165) is 37.2 Å². The SMILES string of the molecule is CCCC(NC(=O)C1CC2(CN1C(=O)C(NS(=O)(=O)c1ccc(NC(C)=O)cc1)C1CCCCC1)SCCCS2)C(=O)C(=O)NCC(=O)NC(C(=O)O)c1ccccc1. The molecule has 2 saturated heterocycles. The standard InChI is InChI=1S/C40H52N6O10S3/c1-3-11-30(35(49)37(51)41-23-32(48)44-34(39(53)54)27-14-8-5-9-15-27)43-36(50)31-22-40(57-20-10-21-58-40)24-46(31)38(52)33(26-12-6-4-7-13-26)45-59(55,56)29-18-16-28(17-19-29)42-25(2)47/h5,8-9,14-19,26,30-31,33-34,45H,3-4,6-7,10-13,20-24H2,1-2H3,(H,41,51)(H,42,47)(H,43,50)(H,44,48)(H,53,54). The Morgan fingerprint density at radius 3 is 2.17 bits per heavy atom. The van der Waals surface area contributed by atoms with Crippen LogP contribution < -0.4 is 26.0 Å². The highest BCUT2D eigenvalue weighted by molar-refractivity contribution is 8.18. The summed E-state index contributed by atoms with van der Waals surface area (Å²) in [6.07, 6.45) is 5.39. The number of aliphatic carboxylic acids is 1. The van der Waals surface area contributed by atoms with Gasteiger partial charge in [-0.1, -0.05) is 62.9 Å². The van der Waals surface area contributed by atoms with Gasteiger partial charge in [0, 0.05) is 25.6 Å². The maximum absolute atomic E-state index is 14.8. The van der Waals surface area contributed by atoms with E-state index in [-0.39, 0.29) is 36.1 Å². The molecule has 19 heteroatoms. The largest absolute Gasteiger partial charge is 0.479 e. The normalized spacial score (nSPS) is 19.5. The van der Waals surface area contributed by atoms with Gasteiger partial charge in [-0.2, -0.15) is 4.72 Å². The number of hydrogen-bond donors (Lipinski definition) is 6. The van der Waals surface area contributed by atoms with E-state index in [9.17, 15) is 47.1 Å². The molecule has 320 valence electrons. The van der Waals surface area contributed by atoms with Crippen molar-refractivity contribution >= 4 is 80.5 Å². The average molecular weight is 873 g/mol. The number of ketones is 1. The number of carbonyl (C=O) groups excluding carboxylic acids is 6. The average Bonchev–Trinajstić information content (AvgIpc) is 3.59. The number of likely N-dealkylation sites (tertiary alicyclic amines) is 1. The lowest BCUT2D eigenvalue weighted by atomic mass is 9.83. The summed E-state index contributed by atoms with van der Waals surface area (Å²) in [4.78, 5) is 93.1. The molecule has 1 spiro atoms. The van der Waals surface area contributed by atoms with Gasteiger partial charge in [-0.3, -0.25) is 28.8 Å². The van der Waals surface area contributed by atoms with Crippen molar-refractivity contribution in [3.63, 3.8) is 0 Å². The molecule has 0 bridgehead atoms. The highest BCUT2D eigenvalue weighted by Gasteiger charge is 2.52. The molecule has 2 heterocycles. The lowest BCUT2D eigenvalue weighted by Crippen LogP contribution is -2.58. The number of benzene rings is 2. The van der Waals surface area contributed by atoms with Gasteiger partial charge in [-0.15, -0.1) is 23.5 Å². The zero-order chi connectivity index (χ0) is 42.7. The first-order chi connectivity index (χ1) is 28.1. The van der Waals surface area contributed by atoms with Gasteiger partial charge in [0.15, 0.2) is 6.04 Å². The molecule has 4 atom stereocenters. The summed E-state index contributed by atoms with van der Waals surface area (Å²) in [7, 11) is -4.25. The second-order valence-electron chi connectivity index (χ2n) is 15.0. The Balaban J connectivity index is 1.33. The fraction of sp³-hybridized carbons (Fsp3) is 0.525. The van der Waals surface area contributed by atoms with Crippen LogP contribution in [-0.2, 0) is 43.6 Å². The second-order valence-corrected chi connectivity index (χ2v) is 19.9. The highest BCUT2D eigenvalue weighted by atomic mass is 32.2. The predicted molar refractivity (Wildman–Crippen MR) is 224 cm³/mol. The van der Waals surface area contributed by atoms with Crippen molar-refractivity contribution in [2.45, 2.75) is 105 Å². The first-order valence-corrected chi connectivity index (χ1v) is 23.3. The molecule has 16 nitrogen and oxygen atoms in total. The number of thioether (sulfide) groups is 2. The van der Waals surface area contributed by atoms with Crippen LogP contribution in [0.25, 0.3) is 0 Å². The Hall–Kier alpha value is -4.46. The van der Waals surface area contributed by atoms with Gasteiger partial charge in [0.25, 0.3) is 5.91 Å². The van der Waals surface area contributed by atoms with E-state index in [1.807, 2.05) is 0 Å². The van der Waals surface area contributed by atoms with Crippen molar-refractivity contribution in [2.24, 2.45) is 5.92 Å². The van der Waals surface area contributed by atoms with E-state index < -0.39 is 80.2 Å².